The zero-order valence-electron chi connectivity index (χ0n) is 8.94. The van der Waals surface area contributed by atoms with Gasteiger partial charge in [0.2, 0.25) is 5.91 Å². The van der Waals surface area contributed by atoms with E-state index in [0.717, 1.165) is 30.6 Å². The van der Waals surface area contributed by atoms with Crippen LogP contribution in [-0.4, -0.2) is 30.1 Å². The maximum atomic E-state index is 11.9. The molecule has 0 aliphatic carbocycles. The lowest BCUT2D eigenvalue weighted by Gasteiger charge is -2.40. The van der Waals surface area contributed by atoms with Crippen LogP contribution >= 0.6 is 0 Å². The minimum atomic E-state index is 0.0998. The van der Waals surface area contributed by atoms with Crippen molar-refractivity contribution < 1.29 is 9.90 Å². The van der Waals surface area contributed by atoms with E-state index in [0.29, 0.717) is 12.3 Å². The summed E-state index contributed by atoms with van der Waals surface area (Å²) in [7, 11) is 0. The van der Waals surface area contributed by atoms with Crippen molar-refractivity contribution in [3.05, 3.63) is 23.8 Å². The highest BCUT2D eigenvalue weighted by Gasteiger charge is 2.34. The fourth-order valence-electron chi connectivity index (χ4n) is 2.64. The smallest absolute Gasteiger partial charge is 0.241 e. The number of amides is 1. The number of phenolic OH excluding ortho intramolecular Hbond substituents is 1. The van der Waals surface area contributed by atoms with E-state index in [9.17, 15) is 9.90 Å². The summed E-state index contributed by atoms with van der Waals surface area (Å²) in [6.07, 6.45) is 1.77. The van der Waals surface area contributed by atoms with Gasteiger partial charge in [-0.1, -0.05) is 6.07 Å². The molecule has 1 aromatic carbocycles. The SMILES string of the molecule is O=C1CNCC2CCc3c(O)cccc3N12. The number of piperazine rings is 1. The van der Waals surface area contributed by atoms with E-state index in [4.69, 9.17) is 0 Å². The molecule has 2 aliphatic rings. The normalized spacial score (nSPS) is 23.9. The molecule has 1 fully saturated rings. The minimum absolute atomic E-state index is 0.0998. The van der Waals surface area contributed by atoms with Crippen LogP contribution in [-0.2, 0) is 11.2 Å². The number of aromatic hydroxyl groups is 1. The Morgan fingerprint density at radius 2 is 2.31 bits per heavy atom. The topological polar surface area (TPSA) is 52.6 Å². The molecule has 1 amide bonds. The lowest BCUT2D eigenvalue weighted by Crippen LogP contribution is -2.56. The summed E-state index contributed by atoms with van der Waals surface area (Å²) >= 11 is 0. The highest BCUT2D eigenvalue weighted by atomic mass is 16.3. The number of benzene rings is 1. The molecule has 1 saturated heterocycles. The van der Waals surface area contributed by atoms with Gasteiger partial charge in [-0.25, -0.2) is 0 Å². The predicted molar refractivity (Wildman–Crippen MR) is 60.6 cm³/mol. The largest absolute Gasteiger partial charge is 0.508 e. The zero-order valence-corrected chi connectivity index (χ0v) is 8.94. The lowest BCUT2D eigenvalue weighted by atomic mass is 9.93. The van der Waals surface area contributed by atoms with E-state index >= 15 is 0 Å². The number of anilines is 1. The van der Waals surface area contributed by atoms with Crippen LogP contribution in [0.3, 0.4) is 0 Å². The first-order chi connectivity index (χ1) is 7.77. The van der Waals surface area contributed by atoms with Gasteiger partial charge < -0.3 is 15.3 Å². The van der Waals surface area contributed by atoms with Gasteiger partial charge in [0.05, 0.1) is 12.2 Å². The van der Waals surface area contributed by atoms with Gasteiger partial charge >= 0.3 is 0 Å². The average molecular weight is 218 g/mol. The van der Waals surface area contributed by atoms with Crippen LogP contribution < -0.4 is 10.2 Å². The molecule has 0 radical (unpaired) electrons. The van der Waals surface area contributed by atoms with Crippen LogP contribution in [0.1, 0.15) is 12.0 Å². The van der Waals surface area contributed by atoms with Crippen molar-refractivity contribution in [2.75, 3.05) is 18.0 Å². The van der Waals surface area contributed by atoms with E-state index in [2.05, 4.69) is 5.32 Å². The predicted octanol–water partition coefficient (Wildman–Crippen LogP) is 0.643. The summed E-state index contributed by atoms with van der Waals surface area (Å²) in [5, 5.41) is 12.9. The summed E-state index contributed by atoms with van der Waals surface area (Å²) in [6.45, 7) is 1.24. The molecule has 4 nitrogen and oxygen atoms in total. The monoisotopic (exact) mass is 218 g/mol. The fourth-order valence-corrected chi connectivity index (χ4v) is 2.64. The van der Waals surface area contributed by atoms with Gasteiger partial charge in [-0.2, -0.15) is 0 Å². The van der Waals surface area contributed by atoms with Crippen LogP contribution in [0, 0.1) is 0 Å². The van der Waals surface area contributed by atoms with Gasteiger partial charge in [-0.05, 0) is 25.0 Å². The van der Waals surface area contributed by atoms with Crippen LogP contribution in [0.5, 0.6) is 5.75 Å². The highest BCUT2D eigenvalue weighted by molar-refractivity contribution is 5.97. The number of nitrogens with one attached hydrogen (secondary N) is 1. The number of rotatable bonds is 0. The van der Waals surface area contributed by atoms with Crippen molar-refractivity contribution in [3.8, 4) is 5.75 Å². The first-order valence-electron chi connectivity index (χ1n) is 5.61. The van der Waals surface area contributed by atoms with Gasteiger partial charge in [0.15, 0.2) is 0 Å². The van der Waals surface area contributed by atoms with Crippen LogP contribution in [0.25, 0.3) is 0 Å². The Balaban J connectivity index is 2.09. The number of hydrogen-bond acceptors (Lipinski definition) is 3. The molecule has 2 N–H and O–H groups in total. The molecule has 0 bridgehead atoms. The Hall–Kier alpha value is -1.55. The fraction of sp³-hybridized carbons (Fsp3) is 0.417. The second-order valence-corrected chi connectivity index (χ2v) is 4.36. The molecule has 0 saturated carbocycles. The second kappa shape index (κ2) is 3.49. The summed E-state index contributed by atoms with van der Waals surface area (Å²) in [4.78, 5) is 13.7. The number of fused-ring (bicyclic) bond motifs is 3. The quantitative estimate of drug-likeness (QED) is 0.672. The van der Waals surface area contributed by atoms with E-state index in [1.54, 1.807) is 12.1 Å². The molecule has 84 valence electrons. The minimum Gasteiger partial charge on any atom is -0.508 e. The summed E-state index contributed by atoms with van der Waals surface area (Å²) < 4.78 is 0. The van der Waals surface area contributed by atoms with Crippen molar-refractivity contribution in [3.63, 3.8) is 0 Å². The highest BCUT2D eigenvalue weighted by Crippen LogP contribution is 2.36. The maximum absolute atomic E-state index is 11.9. The Morgan fingerprint density at radius 1 is 1.44 bits per heavy atom. The molecule has 3 rings (SSSR count). The second-order valence-electron chi connectivity index (χ2n) is 4.36. The first-order valence-corrected chi connectivity index (χ1v) is 5.61. The van der Waals surface area contributed by atoms with E-state index in [1.165, 1.54) is 0 Å². The van der Waals surface area contributed by atoms with E-state index < -0.39 is 0 Å². The Labute approximate surface area is 93.9 Å². The molecule has 1 unspecified atom stereocenters. The van der Waals surface area contributed by atoms with Crippen LogP contribution in [0.4, 0.5) is 5.69 Å². The zero-order chi connectivity index (χ0) is 11.1. The molecule has 1 aromatic rings. The van der Waals surface area contributed by atoms with Crippen molar-refractivity contribution in [1.29, 1.82) is 0 Å². The Bertz CT molecular complexity index is 445. The molecule has 1 atom stereocenters. The molecule has 0 spiro atoms. The van der Waals surface area contributed by atoms with E-state index in [-0.39, 0.29) is 11.9 Å². The van der Waals surface area contributed by atoms with Gasteiger partial charge in [-0.3, -0.25) is 4.79 Å². The van der Waals surface area contributed by atoms with Gasteiger partial charge in [0.25, 0.3) is 0 Å². The Kier molecular flexibility index (Phi) is 2.11. The standard InChI is InChI=1S/C12H14N2O2/c15-11-3-1-2-10-9(11)5-4-8-6-13-7-12(16)14(8)10/h1-3,8,13,15H,4-7H2. The van der Waals surface area contributed by atoms with Crippen molar-refractivity contribution in [1.82, 2.24) is 5.32 Å². The van der Waals surface area contributed by atoms with Crippen LogP contribution in [0.2, 0.25) is 0 Å². The molecule has 0 aromatic heterocycles. The molecule has 4 heteroatoms. The molecule has 16 heavy (non-hydrogen) atoms. The molecular weight excluding hydrogens is 204 g/mol. The summed E-state index contributed by atoms with van der Waals surface area (Å²) in [5.41, 5.74) is 1.80. The molecular formula is C12H14N2O2. The van der Waals surface area contributed by atoms with Crippen molar-refractivity contribution >= 4 is 11.6 Å². The third-order valence-corrected chi connectivity index (χ3v) is 3.40. The van der Waals surface area contributed by atoms with Gasteiger partial charge in [0.1, 0.15) is 5.75 Å². The van der Waals surface area contributed by atoms with Crippen molar-refractivity contribution in [2.24, 2.45) is 0 Å². The number of carbonyl (C=O) groups is 1. The Morgan fingerprint density at radius 3 is 3.19 bits per heavy atom. The maximum Gasteiger partial charge on any atom is 0.241 e. The lowest BCUT2D eigenvalue weighted by molar-refractivity contribution is -0.119. The third kappa shape index (κ3) is 1.30. The number of nitrogens with zero attached hydrogens (tertiary/aromatic N) is 1. The summed E-state index contributed by atoms with van der Waals surface area (Å²) in [6, 6.07) is 5.65. The van der Waals surface area contributed by atoms with Crippen LogP contribution in [0.15, 0.2) is 18.2 Å². The molecule has 2 heterocycles. The average Bonchev–Trinajstić information content (AvgIpc) is 2.29. The number of hydrogen-bond donors (Lipinski definition) is 2. The number of carbonyl (C=O) groups excluding carboxylic acids is 1. The van der Waals surface area contributed by atoms with E-state index in [1.807, 2.05) is 11.0 Å². The summed E-state index contributed by atoms with van der Waals surface area (Å²) in [5.74, 6) is 0.407. The van der Waals surface area contributed by atoms with Crippen molar-refractivity contribution in [2.45, 2.75) is 18.9 Å². The molecule has 2 aliphatic heterocycles. The van der Waals surface area contributed by atoms with Gasteiger partial charge in [0, 0.05) is 18.2 Å². The third-order valence-electron chi connectivity index (χ3n) is 3.40. The number of phenols is 1. The first kappa shape index (κ1) is 9.66. The van der Waals surface area contributed by atoms with Gasteiger partial charge in [-0.15, -0.1) is 0 Å².